The van der Waals surface area contributed by atoms with Crippen LogP contribution in [0.4, 0.5) is 10.5 Å². The minimum atomic E-state index is -0.228. The average molecular weight is 290 g/mol. The maximum atomic E-state index is 12.1. The fraction of sp³-hybridized carbons (Fsp3) is 0.588. The Morgan fingerprint density at radius 1 is 1.29 bits per heavy atom. The molecule has 0 saturated heterocycles. The Balaban J connectivity index is 1.99. The van der Waals surface area contributed by atoms with Crippen LogP contribution in [0.1, 0.15) is 44.2 Å². The summed E-state index contributed by atoms with van der Waals surface area (Å²) in [5.74, 6) is 0.437. The van der Waals surface area contributed by atoms with E-state index >= 15 is 0 Å². The lowest BCUT2D eigenvalue weighted by atomic mass is 9.90. The second-order valence-corrected chi connectivity index (χ2v) is 6.26. The summed E-state index contributed by atoms with van der Waals surface area (Å²) in [5, 5.41) is 15.1. The molecular formula is C17H26N2O2. The molecule has 0 aliphatic heterocycles. The molecule has 0 spiro atoms. The van der Waals surface area contributed by atoms with Gasteiger partial charge in [-0.2, -0.15) is 0 Å². The van der Waals surface area contributed by atoms with Crippen molar-refractivity contribution in [2.45, 2.75) is 52.0 Å². The highest BCUT2D eigenvalue weighted by Crippen LogP contribution is 2.27. The van der Waals surface area contributed by atoms with Gasteiger partial charge in [0.25, 0.3) is 0 Å². The van der Waals surface area contributed by atoms with Gasteiger partial charge in [-0.25, -0.2) is 4.79 Å². The molecule has 116 valence electrons. The van der Waals surface area contributed by atoms with Crippen molar-refractivity contribution in [1.82, 2.24) is 5.32 Å². The van der Waals surface area contributed by atoms with Gasteiger partial charge >= 0.3 is 6.03 Å². The van der Waals surface area contributed by atoms with Crippen LogP contribution in [0, 0.1) is 5.92 Å². The van der Waals surface area contributed by atoms with Crippen LogP contribution in [0.25, 0.3) is 0 Å². The molecular weight excluding hydrogens is 264 g/mol. The molecule has 0 saturated carbocycles. The van der Waals surface area contributed by atoms with Crippen molar-refractivity contribution in [1.29, 1.82) is 0 Å². The summed E-state index contributed by atoms with van der Waals surface area (Å²) in [4.78, 5) is 12.1. The van der Waals surface area contributed by atoms with E-state index in [2.05, 4.69) is 30.5 Å². The van der Waals surface area contributed by atoms with E-state index in [-0.39, 0.29) is 18.7 Å². The standard InChI is InChI=1S/C17H26N2O2/c1-12(2)10-14(11-20)18-17(21)19-16-9-5-7-13-6-3-4-8-15(13)16/h5,7,9,12,14,20H,3-4,6,8,10-11H2,1-2H3,(H2,18,19,21). The van der Waals surface area contributed by atoms with E-state index in [1.807, 2.05) is 12.1 Å². The number of benzene rings is 1. The molecule has 1 aromatic carbocycles. The summed E-state index contributed by atoms with van der Waals surface area (Å²) < 4.78 is 0. The van der Waals surface area contributed by atoms with Gasteiger partial charge in [0.15, 0.2) is 0 Å². The molecule has 4 nitrogen and oxygen atoms in total. The van der Waals surface area contributed by atoms with Crippen LogP contribution >= 0.6 is 0 Å². The van der Waals surface area contributed by atoms with Gasteiger partial charge in [-0.15, -0.1) is 0 Å². The third-order valence-corrected chi connectivity index (χ3v) is 3.96. The van der Waals surface area contributed by atoms with Crippen molar-refractivity contribution in [3.63, 3.8) is 0 Å². The van der Waals surface area contributed by atoms with Crippen LogP contribution in [0.15, 0.2) is 18.2 Å². The van der Waals surface area contributed by atoms with Crippen molar-refractivity contribution in [2.75, 3.05) is 11.9 Å². The van der Waals surface area contributed by atoms with E-state index in [1.54, 1.807) is 0 Å². The smallest absolute Gasteiger partial charge is 0.319 e. The highest BCUT2D eigenvalue weighted by Gasteiger charge is 2.16. The van der Waals surface area contributed by atoms with Crippen LogP contribution in [-0.4, -0.2) is 23.8 Å². The highest BCUT2D eigenvalue weighted by molar-refractivity contribution is 5.90. The number of hydrogen-bond acceptors (Lipinski definition) is 2. The van der Waals surface area contributed by atoms with E-state index in [4.69, 9.17) is 0 Å². The fourth-order valence-corrected chi connectivity index (χ4v) is 2.99. The van der Waals surface area contributed by atoms with Gasteiger partial charge < -0.3 is 15.7 Å². The van der Waals surface area contributed by atoms with Crippen molar-refractivity contribution < 1.29 is 9.90 Å². The fourth-order valence-electron chi connectivity index (χ4n) is 2.99. The van der Waals surface area contributed by atoms with Gasteiger partial charge in [0.05, 0.1) is 12.6 Å². The summed E-state index contributed by atoms with van der Waals surface area (Å²) in [7, 11) is 0. The number of aliphatic hydroxyl groups excluding tert-OH is 1. The Kier molecular flexibility index (Phi) is 5.62. The van der Waals surface area contributed by atoms with Crippen molar-refractivity contribution in [2.24, 2.45) is 5.92 Å². The summed E-state index contributed by atoms with van der Waals surface area (Å²) in [6.07, 6.45) is 5.31. The quantitative estimate of drug-likeness (QED) is 0.780. The number of carbonyl (C=O) groups is 1. The maximum Gasteiger partial charge on any atom is 0.319 e. The number of aliphatic hydroxyl groups is 1. The molecule has 3 N–H and O–H groups in total. The lowest BCUT2D eigenvalue weighted by Gasteiger charge is -2.22. The van der Waals surface area contributed by atoms with Gasteiger partial charge in [0.1, 0.15) is 0 Å². The van der Waals surface area contributed by atoms with E-state index < -0.39 is 0 Å². The minimum absolute atomic E-state index is 0.0293. The zero-order valence-electron chi connectivity index (χ0n) is 13.0. The van der Waals surface area contributed by atoms with Crippen LogP contribution in [0.5, 0.6) is 0 Å². The van der Waals surface area contributed by atoms with Crippen molar-refractivity contribution >= 4 is 11.7 Å². The average Bonchev–Trinajstić information content (AvgIpc) is 2.46. The van der Waals surface area contributed by atoms with Crippen LogP contribution in [0.3, 0.4) is 0 Å². The molecule has 0 bridgehead atoms. The number of aryl methyl sites for hydroxylation is 1. The van der Waals surface area contributed by atoms with Crippen molar-refractivity contribution in [3.8, 4) is 0 Å². The Labute approximate surface area is 126 Å². The summed E-state index contributed by atoms with van der Waals surface area (Å²) in [6, 6.07) is 5.68. The van der Waals surface area contributed by atoms with E-state index in [0.717, 1.165) is 24.9 Å². The third-order valence-electron chi connectivity index (χ3n) is 3.96. The number of rotatable bonds is 5. The number of amides is 2. The molecule has 2 rings (SSSR count). The van der Waals surface area contributed by atoms with Gasteiger partial charge in [0.2, 0.25) is 0 Å². The predicted octanol–water partition coefficient (Wildman–Crippen LogP) is 3.09. The van der Waals surface area contributed by atoms with Crippen LogP contribution < -0.4 is 10.6 Å². The highest BCUT2D eigenvalue weighted by atomic mass is 16.3. The number of carbonyl (C=O) groups excluding carboxylic acids is 1. The lowest BCUT2D eigenvalue weighted by Crippen LogP contribution is -2.41. The molecule has 0 heterocycles. The molecule has 1 unspecified atom stereocenters. The Morgan fingerprint density at radius 2 is 2.05 bits per heavy atom. The molecule has 4 heteroatoms. The molecule has 1 aliphatic carbocycles. The first-order valence-corrected chi connectivity index (χ1v) is 7.89. The number of fused-ring (bicyclic) bond motifs is 1. The Bertz CT molecular complexity index is 486. The predicted molar refractivity (Wildman–Crippen MR) is 85.6 cm³/mol. The first-order valence-electron chi connectivity index (χ1n) is 7.89. The van der Waals surface area contributed by atoms with E-state index in [1.165, 1.54) is 24.0 Å². The molecule has 1 atom stereocenters. The topological polar surface area (TPSA) is 61.4 Å². The molecule has 21 heavy (non-hydrogen) atoms. The molecule has 0 fully saturated rings. The third kappa shape index (κ3) is 4.46. The molecule has 1 aliphatic rings. The minimum Gasteiger partial charge on any atom is -0.394 e. The lowest BCUT2D eigenvalue weighted by molar-refractivity contribution is 0.214. The summed E-state index contributed by atoms with van der Waals surface area (Å²) in [5.41, 5.74) is 3.52. The number of urea groups is 1. The molecule has 1 aromatic rings. The number of anilines is 1. The van der Waals surface area contributed by atoms with Crippen LogP contribution in [-0.2, 0) is 12.8 Å². The molecule has 2 amide bonds. The Morgan fingerprint density at radius 3 is 2.76 bits per heavy atom. The first kappa shape index (κ1) is 15.8. The van der Waals surface area contributed by atoms with Gasteiger partial charge in [-0.3, -0.25) is 0 Å². The second kappa shape index (κ2) is 7.46. The van der Waals surface area contributed by atoms with E-state index in [0.29, 0.717) is 5.92 Å². The Hall–Kier alpha value is -1.55. The molecule has 0 radical (unpaired) electrons. The van der Waals surface area contributed by atoms with Crippen LogP contribution in [0.2, 0.25) is 0 Å². The SMILES string of the molecule is CC(C)CC(CO)NC(=O)Nc1cccc2c1CCCC2. The number of hydrogen-bond donors (Lipinski definition) is 3. The summed E-state index contributed by atoms with van der Waals surface area (Å²) in [6.45, 7) is 4.13. The first-order chi connectivity index (χ1) is 10.1. The largest absolute Gasteiger partial charge is 0.394 e. The van der Waals surface area contributed by atoms with E-state index in [9.17, 15) is 9.90 Å². The molecule has 0 aromatic heterocycles. The van der Waals surface area contributed by atoms with Gasteiger partial charge in [0, 0.05) is 5.69 Å². The normalized spacial score (nSPS) is 15.4. The summed E-state index contributed by atoms with van der Waals surface area (Å²) >= 11 is 0. The number of nitrogens with one attached hydrogen (secondary N) is 2. The van der Waals surface area contributed by atoms with Gasteiger partial charge in [-0.05, 0) is 55.2 Å². The zero-order valence-corrected chi connectivity index (χ0v) is 13.0. The van der Waals surface area contributed by atoms with Gasteiger partial charge in [-0.1, -0.05) is 26.0 Å². The maximum absolute atomic E-state index is 12.1. The van der Waals surface area contributed by atoms with Crippen molar-refractivity contribution in [3.05, 3.63) is 29.3 Å². The second-order valence-electron chi connectivity index (χ2n) is 6.26. The monoisotopic (exact) mass is 290 g/mol. The zero-order chi connectivity index (χ0) is 15.2.